The van der Waals surface area contributed by atoms with Gasteiger partial charge in [0.25, 0.3) is 0 Å². The number of benzene rings is 3. The molecule has 0 aliphatic heterocycles. The van der Waals surface area contributed by atoms with Crippen molar-refractivity contribution in [3.8, 4) is 11.3 Å². The predicted octanol–water partition coefficient (Wildman–Crippen LogP) is 6.86. The topological polar surface area (TPSA) is 39.4 Å². The van der Waals surface area contributed by atoms with Crippen molar-refractivity contribution >= 4 is 39.9 Å². The highest BCUT2D eigenvalue weighted by molar-refractivity contribution is 6.36. The summed E-state index contributed by atoms with van der Waals surface area (Å²) >= 11 is 12.2. The fourth-order valence-electron chi connectivity index (χ4n) is 3.93. The summed E-state index contributed by atoms with van der Waals surface area (Å²) in [4.78, 5) is 12.7. The number of furan rings is 1. The Bertz CT molecular complexity index is 1250. The molecule has 4 aromatic rings. The Labute approximate surface area is 177 Å². The first kappa shape index (κ1) is 18.3. The number of hydrogen-bond acceptors (Lipinski definition) is 3. The number of hydrogen-bond donors (Lipinski definition) is 0. The SMILES string of the molecule is O=C(OCc1ccc(-c2ccc(Cl)cc2Cl)o1)c1ccc2c3c(cccc13)CC2. The van der Waals surface area contributed by atoms with Crippen LogP contribution in [0, 0.1) is 0 Å². The lowest BCUT2D eigenvalue weighted by Crippen LogP contribution is -2.06. The average Bonchev–Trinajstić information content (AvgIpc) is 3.35. The quantitative estimate of drug-likeness (QED) is 0.337. The maximum Gasteiger partial charge on any atom is 0.339 e. The third-order valence-corrected chi connectivity index (χ3v) is 5.85. The van der Waals surface area contributed by atoms with Crippen molar-refractivity contribution in [2.45, 2.75) is 19.4 Å². The third-order valence-electron chi connectivity index (χ3n) is 5.30. The van der Waals surface area contributed by atoms with Gasteiger partial charge in [-0.3, -0.25) is 0 Å². The van der Waals surface area contributed by atoms with E-state index < -0.39 is 0 Å². The molecule has 5 rings (SSSR count). The molecule has 1 aliphatic rings. The summed E-state index contributed by atoms with van der Waals surface area (Å²) < 4.78 is 11.3. The zero-order valence-electron chi connectivity index (χ0n) is 15.4. The number of halogens is 2. The van der Waals surface area contributed by atoms with E-state index in [0.29, 0.717) is 27.1 Å². The van der Waals surface area contributed by atoms with E-state index in [1.807, 2.05) is 24.3 Å². The van der Waals surface area contributed by atoms with Crippen LogP contribution in [-0.4, -0.2) is 5.97 Å². The fraction of sp³-hybridized carbons (Fsp3) is 0.125. The molecular weight excluding hydrogens is 407 g/mol. The summed E-state index contributed by atoms with van der Waals surface area (Å²) in [5, 5.41) is 3.21. The Morgan fingerprint density at radius 3 is 2.62 bits per heavy atom. The van der Waals surface area contributed by atoms with Crippen LogP contribution in [0.15, 0.2) is 65.1 Å². The van der Waals surface area contributed by atoms with Crippen LogP contribution in [0.3, 0.4) is 0 Å². The standard InChI is InChI=1S/C24H16Cl2O3/c25-16-7-10-20(21(26)12-16)22-11-8-17(29-22)13-28-24(27)19-9-6-15-5-4-14-2-1-3-18(19)23(14)15/h1-3,6-12H,4-5,13H2. The zero-order chi connectivity index (χ0) is 20.0. The van der Waals surface area contributed by atoms with Crippen molar-refractivity contribution in [3.05, 3.63) is 93.2 Å². The summed E-state index contributed by atoms with van der Waals surface area (Å²) in [6.45, 7) is 0.0486. The smallest absolute Gasteiger partial charge is 0.339 e. The van der Waals surface area contributed by atoms with Gasteiger partial charge in [-0.25, -0.2) is 4.79 Å². The molecule has 1 heterocycles. The highest BCUT2D eigenvalue weighted by Gasteiger charge is 2.20. The average molecular weight is 423 g/mol. The number of aryl methyl sites for hydroxylation is 2. The predicted molar refractivity (Wildman–Crippen MR) is 115 cm³/mol. The van der Waals surface area contributed by atoms with Crippen molar-refractivity contribution in [1.82, 2.24) is 0 Å². The van der Waals surface area contributed by atoms with E-state index in [1.165, 1.54) is 16.5 Å². The van der Waals surface area contributed by atoms with Gasteiger partial charge in [0.1, 0.15) is 18.1 Å². The second-order valence-electron chi connectivity index (χ2n) is 7.08. The second-order valence-corrected chi connectivity index (χ2v) is 7.92. The Morgan fingerprint density at radius 1 is 0.966 bits per heavy atom. The van der Waals surface area contributed by atoms with Crippen LogP contribution in [0.4, 0.5) is 0 Å². The lowest BCUT2D eigenvalue weighted by Gasteiger charge is -2.08. The Kier molecular flexibility index (Phi) is 4.57. The van der Waals surface area contributed by atoms with Crippen LogP contribution in [0.1, 0.15) is 27.2 Å². The Balaban J connectivity index is 1.36. The first-order valence-corrected chi connectivity index (χ1v) is 10.1. The molecule has 5 heteroatoms. The third kappa shape index (κ3) is 3.31. The minimum absolute atomic E-state index is 0.0486. The van der Waals surface area contributed by atoms with Gasteiger partial charge in [-0.05, 0) is 71.1 Å². The summed E-state index contributed by atoms with van der Waals surface area (Å²) in [5.74, 6) is 0.788. The molecule has 0 atom stereocenters. The van der Waals surface area contributed by atoms with Crippen molar-refractivity contribution < 1.29 is 13.9 Å². The van der Waals surface area contributed by atoms with Crippen molar-refractivity contribution in [3.63, 3.8) is 0 Å². The largest absolute Gasteiger partial charge is 0.457 e. The molecule has 1 aromatic heterocycles. The van der Waals surface area contributed by atoms with Crippen LogP contribution in [0.2, 0.25) is 10.0 Å². The van der Waals surface area contributed by atoms with Crippen LogP contribution in [0.25, 0.3) is 22.1 Å². The summed E-state index contributed by atoms with van der Waals surface area (Å²) in [6, 6.07) is 18.8. The Morgan fingerprint density at radius 2 is 1.79 bits per heavy atom. The lowest BCUT2D eigenvalue weighted by atomic mass is 10.00. The van der Waals surface area contributed by atoms with E-state index in [1.54, 1.807) is 30.3 Å². The van der Waals surface area contributed by atoms with Gasteiger partial charge >= 0.3 is 5.97 Å². The molecule has 0 fully saturated rings. The second kappa shape index (κ2) is 7.25. The molecule has 0 N–H and O–H groups in total. The maximum atomic E-state index is 12.7. The zero-order valence-corrected chi connectivity index (χ0v) is 16.9. The van der Waals surface area contributed by atoms with Crippen LogP contribution < -0.4 is 0 Å². The highest BCUT2D eigenvalue weighted by Crippen LogP contribution is 2.34. The lowest BCUT2D eigenvalue weighted by molar-refractivity contribution is 0.0448. The van der Waals surface area contributed by atoms with E-state index in [9.17, 15) is 4.79 Å². The van der Waals surface area contributed by atoms with Gasteiger partial charge in [0.2, 0.25) is 0 Å². The first-order chi connectivity index (χ1) is 14.1. The van der Waals surface area contributed by atoms with Gasteiger partial charge in [0.05, 0.1) is 10.6 Å². The van der Waals surface area contributed by atoms with E-state index in [2.05, 4.69) is 6.07 Å². The van der Waals surface area contributed by atoms with Gasteiger partial charge in [-0.15, -0.1) is 0 Å². The van der Waals surface area contributed by atoms with Crippen molar-refractivity contribution in [1.29, 1.82) is 0 Å². The fourth-order valence-corrected chi connectivity index (χ4v) is 4.43. The Hall–Kier alpha value is -2.75. The van der Waals surface area contributed by atoms with E-state index >= 15 is 0 Å². The first-order valence-electron chi connectivity index (χ1n) is 9.35. The molecule has 0 saturated carbocycles. The molecule has 0 unspecified atom stereocenters. The summed E-state index contributed by atoms with van der Waals surface area (Å²) in [6.07, 6.45) is 2.04. The molecule has 0 spiro atoms. The summed E-state index contributed by atoms with van der Waals surface area (Å²) in [5.41, 5.74) is 3.91. The molecule has 0 saturated heterocycles. The van der Waals surface area contributed by atoms with Crippen molar-refractivity contribution in [2.75, 3.05) is 0 Å². The highest BCUT2D eigenvalue weighted by atomic mass is 35.5. The number of esters is 1. The van der Waals surface area contributed by atoms with Gasteiger partial charge in [-0.2, -0.15) is 0 Å². The number of carbonyl (C=O) groups excluding carboxylic acids is 1. The number of ether oxygens (including phenoxy) is 1. The van der Waals surface area contributed by atoms with Gasteiger partial charge < -0.3 is 9.15 Å². The summed E-state index contributed by atoms with van der Waals surface area (Å²) in [7, 11) is 0. The van der Waals surface area contributed by atoms with Crippen LogP contribution >= 0.6 is 23.2 Å². The minimum Gasteiger partial charge on any atom is -0.457 e. The number of carbonyl (C=O) groups is 1. The molecule has 3 nitrogen and oxygen atoms in total. The number of rotatable bonds is 4. The molecule has 0 amide bonds. The van der Waals surface area contributed by atoms with Gasteiger partial charge in [-0.1, -0.05) is 47.5 Å². The molecule has 3 aromatic carbocycles. The van der Waals surface area contributed by atoms with E-state index in [0.717, 1.165) is 23.8 Å². The minimum atomic E-state index is -0.358. The maximum absolute atomic E-state index is 12.7. The van der Waals surface area contributed by atoms with Gasteiger partial charge in [0.15, 0.2) is 0 Å². The van der Waals surface area contributed by atoms with E-state index in [-0.39, 0.29) is 12.6 Å². The van der Waals surface area contributed by atoms with Crippen LogP contribution in [-0.2, 0) is 24.2 Å². The molecule has 29 heavy (non-hydrogen) atoms. The monoisotopic (exact) mass is 422 g/mol. The van der Waals surface area contributed by atoms with Crippen molar-refractivity contribution in [2.24, 2.45) is 0 Å². The molecule has 0 radical (unpaired) electrons. The van der Waals surface area contributed by atoms with Gasteiger partial charge in [0, 0.05) is 10.6 Å². The normalized spacial score (nSPS) is 12.5. The molecular formula is C24H16Cl2O3. The molecule has 1 aliphatic carbocycles. The van der Waals surface area contributed by atoms with E-state index in [4.69, 9.17) is 32.4 Å². The molecule has 0 bridgehead atoms. The van der Waals surface area contributed by atoms with Crippen LogP contribution in [0.5, 0.6) is 0 Å². The molecule has 144 valence electrons.